The fourth-order valence-corrected chi connectivity index (χ4v) is 8.95. The van der Waals surface area contributed by atoms with Crippen LogP contribution >= 0.6 is 11.3 Å². The molecule has 0 amide bonds. The number of para-hydroxylation sites is 3. The Morgan fingerprint density at radius 3 is 1.73 bits per heavy atom. The summed E-state index contributed by atoms with van der Waals surface area (Å²) in [5, 5.41) is 7.07. The minimum absolute atomic E-state index is 0.697. The highest BCUT2D eigenvalue weighted by Gasteiger charge is 2.22. The van der Waals surface area contributed by atoms with E-state index in [-0.39, 0.29) is 0 Å². The number of hydrogen-bond acceptors (Lipinski definition) is 4. The summed E-state index contributed by atoms with van der Waals surface area (Å²) in [5.41, 5.74) is 10.0. The van der Waals surface area contributed by atoms with Crippen LogP contribution in [0.2, 0.25) is 0 Å². The standard InChI is InChI=1S/C46H27N3OS/c1-3-13-28(14-4-1)36-27-37(29-15-5-2-6-16-29)48-46(47-36)35-26-30(49-38-20-10-7-17-31(38)32-18-8-11-21-39(32)49)25-34-44-42(51-45(34)35)24-23-41-43(44)33-19-9-12-22-40(33)50-41/h1-27H. The SMILES string of the molecule is c1ccc(-c2cc(-c3ccccc3)nc(-c3cc(-n4c5ccccc5c5ccccc54)cc4c3sc3ccc5oc6ccccc6c5c34)n2)cc1. The Balaban J connectivity index is 1.30. The number of nitrogens with zero attached hydrogens (tertiary/aromatic N) is 3. The molecular formula is C46H27N3OS. The van der Waals surface area contributed by atoms with Crippen LogP contribution in [0.3, 0.4) is 0 Å². The lowest BCUT2D eigenvalue weighted by Gasteiger charge is -2.13. The Kier molecular flexibility index (Phi) is 6.09. The van der Waals surface area contributed by atoms with Crippen molar-refractivity contribution in [3.63, 3.8) is 0 Å². The molecule has 0 N–H and O–H groups in total. The predicted molar refractivity (Wildman–Crippen MR) is 213 cm³/mol. The van der Waals surface area contributed by atoms with Crippen molar-refractivity contribution in [2.75, 3.05) is 0 Å². The zero-order chi connectivity index (χ0) is 33.5. The Morgan fingerprint density at radius 2 is 1.06 bits per heavy atom. The van der Waals surface area contributed by atoms with Gasteiger partial charge in [-0.15, -0.1) is 11.3 Å². The van der Waals surface area contributed by atoms with Crippen molar-refractivity contribution in [2.45, 2.75) is 0 Å². The van der Waals surface area contributed by atoms with E-state index in [0.29, 0.717) is 5.82 Å². The maximum Gasteiger partial charge on any atom is 0.161 e. The van der Waals surface area contributed by atoms with Crippen LogP contribution in [0, 0.1) is 0 Å². The van der Waals surface area contributed by atoms with Crippen LogP contribution in [0.15, 0.2) is 168 Å². The van der Waals surface area contributed by atoms with E-state index >= 15 is 0 Å². The van der Waals surface area contributed by atoms with Crippen LogP contribution in [-0.2, 0) is 0 Å². The average molecular weight is 670 g/mol. The third-order valence-corrected chi connectivity index (χ3v) is 11.2. The maximum atomic E-state index is 6.42. The Hall–Kier alpha value is -6.56. The monoisotopic (exact) mass is 669 g/mol. The quantitative estimate of drug-likeness (QED) is 0.187. The highest BCUT2D eigenvalue weighted by Crippen LogP contribution is 2.47. The molecule has 0 bridgehead atoms. The van der Waals surface area contributed by atoms with Gasteiger partial charge in [0.2, 0.25) is 0 Å². The number of thiophene rings is 1. The van der Waals surface area contributed by atoms with E-state index in [0.717, 1.165) is 76.8 Å². The normalized spacial score (nSPS) is 11.9. The molecule has 0 aliphatic rings. The molecule has 11 aromatic rings. The first kappa shape index (κ1) is 28.3. The van der Waals surface area contributed by atoms with Crippen LogP contribution in [-0.4, -0.2) is 14.5 Å². The van der Waals surface area contributed by atoms with E-state index in [1.807, 2.05) is 18.2 Å². The number of aromatic nitrogens is 3. The molecule has 4 aromatic heterocycles. The smallest absolute Gasteiger partial charge is 0.161 e. The lowest BCUT2D eigenvalue weighted by molar-refractivity contribution is 0.669. The van der Waals surface area contributed by atoms with Gasteiger partial charge in [-0.3, -0.25) is 0 Å². The summed E-state index contributed by atoms with van der Waals surface area (Å²) < 4.78 is 11.2. The van der Waals surface area contributed by atoms with Gasteiger partial charge in [0.05, 0.1) is 22.4 Å². The van der Waals surface area contributed by atoms with Crippen LogP contribution in [0.4, 0.5) is 0 Å². The average Bonchev–Trinajstić information content (AvgIpc) is 3.87. The Labute approximate surface area is 296 Å². The molecule has 0 saturated heterocycles. The van der Waals surface area contributed by atoms with Gasteiger partial charge in [-0.2, -0.15) is 0 Å². The summed E-state index contributed by atoms with van der Waals surface area (Å²) in [5.74, 6) is 0.697. The van der Waals surface area contributed by atoms with Crippen molar-refractivity contribution in [3.05, 3.63) is 164 Å². The lowest BCUT2D eigenvalue weighted by Crippen LogP contribution is -1.99. The molecule has 0 saturated carbocycles. The molecule has 51 heavy (non-hydrogen) atoms. The summed E-state index contributed by atoms with van der Waals surface area (Å²) in [6.07, 6.45) is 0. The number of benzene rings is 7. The number of rotatable bonds is 4. The minimum Gasteiger partial charge on any atom is -0.456 e. The van der Waals surface area contributed by atoms with Gasteiger partial charge >= 0.3 is 0 Å². The van der Waals surface area contributed by atoms with Gasteiger partial charge in [0, 0.05) is 64.1 Å². The van der Waals surface area contributed by atoms with Gasteiger partial charge < -0.3 is 8.98 Å². The second kappa shape index (κ2) is 11.0. The molecule has 11 rings (SSSR count). The Bertz CT molecular complexity index is 3030. The topological polar surface area (TPSA) is 43.9 Å². The van der Waals surface area contributed by atoms with Gasteiger partial charge in [-0.25, -0.2) is 9.97 Å². The second-order valence-corrected chi connectivity index (χ2v) is 14.0. The third-order valence-electron chi connectivity index (χ3n) is 10.0. The molecule has 0 aliphatic heterocycles. The van der Waals surface area contributed by atoms with Crippen molar-refractivity contribution >= 4 is 75.3 Å². The molecule has 0 spiro atoms. The molecule has 7 aromatic carbocycles. The van der Waals surface area contributed by atoms with Crippen molar-refractivity contribution in [1.29, 1.82) is 0 Å². The van der Waals surface area contributed by atoms with Gasteiger partial charge in [0.15, 0.2) is 5.82 Å². The van der Waals surface area contributed by atoms with Crippen molar-refractivity contribution in [2.24, 2.45) is 0 Å². The zero-order valence-corrected chi connectivity index (χ0v) is 28.1. The van der Waals surface area contributed by atoms with Crippen molar-refractivity contribution in [1.82, 2.24) is 14.5 Å². The summed E-state index contributed by atoms with van der Waals surface area (Å²) in [6, 6.07) is 57.6. The molecule has 0 aliphatic carbocycles. The van der Waals surface area contributed by atoms with E-state index in [1.165, 1.54) is 20.9 Å². The predicted octanol–water partition coefficient (Wildman–Crippen LogP) is 12.8. The van der Waals surface area contributed by atoms with E-state index in [9.17, 15) is 0 Å². The Morgan fingerprint density at radius 1 is 0.471 bits per heavy atom. The lowest BCUT2D eigenvalue weighted by atomic mass is 10.0. The largest absolute Gasteiger partial charge is 0.456 e. The summed E-state index contributed by atoms with van der Waals surface area (Å²) >= 11 is 1.80. The summed E-state index contributed by atoms with van der Waals surface area (Å²) in [4.78, 5) is 10.7. The first-order valence-corrected chi connectivity index (χ1v) is 17.9. The first-order chi connectivity index (χ1) is 25.3. The number of fused-ring (bicyclic) bond motifs is 10. The summed E-state index contributed by atoms with van der Waals surface area (Å²) in [6.45, 7) is 0. The fraction of sp³-hybridized carbons (Fsp3) is 0. The van der Waals surface area contributed by atoms with Crippen LogP contribution in [0.25, 0.3) is 104 Å². The highest BCUT2D eigenvalue weighted by atomic mass is 32.1. The van der Waals surface area contributed by atoms with E-state index in [2.05, 4.69) is 150 Å². The third kappa shape index (κ3) is 4.32. The minimum atomic E-state index is 0.697. The molecule has 5 heteroatoms. The zero-order valence-electron chi connectivity index (χ0n) is 27.2. The van der Waals surface area contributed by atoms with Gasteiger partial charge in [-0.05, 0) is 48.5 Å². The molecule has 4 nitrogen and oxygen atoms in total. The second-order valence-electron chi connectivity index (χ2n) is 12.9. The molecule has 0 radical (unpaired) electrons. The molecule has 4 heterocycles. The van der Waals surface area contributed by atoms with E-state index < -0.39 is 0 Å². The number of furan rings is 1. The van der Waals surface area contributed by atoms with Crippen LogP contribution < -0.4 is 0 Å². The fourth-order valence-electron chi connectivity index (χ4n) is 7.75. The van der Waals surface area contributed by atoms with Gasteiger partial charge in [0.25, 0.3) is 0 Å². The summed E-state index contributed by atoms with van der Waals surface area (Å²) in [7, 11) is 0. The maximum absolute atomic E-state index is 6.42. The van der Waals surface area contributed by atoms with Crippen molar-refractivity contribution in [3.8, 4) is 39.6 Å². The van der Waals surface area contributed by atoms with Crippen LogP contribution in [0.5, 0.6) is 0 Å². The molecular weight excluding hydrogens is 643 g/mol. The molecule has 238 valence electrons. The van der Waals surface area contributed by atoms with E-state index in [4.69, 9.17) is 14.4 Å². The van der Waals surface area contributed by atoms with Gasteiger partial charge in [0.1, 0.15) is 11.2 Å². The highest BCUT2D eigenvalue weighted by molar-refractivity contribution is 7.26. The molecule has 0 unspecified atom stereocenters. The van der Waals surface area contributed by atoms with Gasteiger partial charge in [-0.1, -0.05) is 115 Å². The van der Waals surface area contributed by atoms with E-state index in [1.54, 1.807) is 11.3 Å². The first-order valence-electron chi connectivity index (χ1n) is 17.1. The van der Waals surface area contributed by atoms with Crippen LogP contribution in [0.1, 0.15) is 0 Å². The van der Waals surface area contributed by atoms with Crippen molar-refractivity contribution < 1.29 is 4.42 Å². The molecule has 0 atom stereocenters. The number of hydrogen-bond donors (Lipinski definition) is 0. The molecule has 0 fully saturated rings.